The number of nitrogens with zero attached hydrogens (tertiary/aromatic N) is 2. The predicted octanol–water partition coefficient (Wildman–Crippen LogP) is 1.84. The van der Waals surface area contributed by atoms with Crippen LogP contribution in [0.1, 0.15) is 30.5 Å². The van der Waals surface area contributed by atoms with Crippen LogP contribution in [-0.4, -0.2) is 39.6 Å². The van der Waals surface area contributed by atoms with Crippen molar-refractivity contribution in [3.8, 4) is 0 Å². The first-order valence-electron chi connectivity index (χ1n) is 6.08. The lowest BCUT2D eigenvalue weighted by atomic mass is 9.95. The molecule has 0 saturated carbocycles. The highest BCUT2D eigenvalue weighted by Gasteiger charge is 2.29. The van der Waals surface area contributed by atoms with E-state index < -0.39 is 5.60 Å². The fourth-order valence-corrected chi connectivity index (χ4v) is 2.71. The van der Waals surface area contributed by atoms with Gasteiger partial charge in [-0.25, -0.2) is 4.98 Å². The molecular formula is C13H18N2O2S. The molecule has 2 rings (SSSR count). The van der Waals surface area contributed by atoms with Crippen molar-refractivity contribution in [3.05, 3.63) is 22.2 Å². The summed E-state index contributed by atoms with van der Waals surface area (Å²) >= 11 is 1.56. The zero-order chi connectivity index (χ0) is 13.2. The van der Waals surface area contributed by atoms with Crippen molar-refractivity contribution in [1.82, 2.24) is 9.88 Å². The number of hydrogen-bond donors (Lipinski definition) is 1. The van der Waals surface area contributed by atoms with E-state index in [-0.39, 0.29) is 5.91 Å². The number of aromatic nitrogens is 1. The largest absolute Gasteiger partial charge is 0.388 e. The van der Waals surface area contributed by atoms with Crippen LogP contribution in [0.3, 0.4) is 0 Å². The first kappa shape index (κ1) is 13.2. The summed E-state index contributed by atoms with van der Waals surface area (Å²) in [7, 11) is 0. The number of piperidine rings is 1. The van der Waals surface area contributed by atoms with Gasteiger partial charge in [-0.3, -0.25) is 4.79 Å². The van der Waals surface area contributed by atoms with Crippen molar-refractivity contribution in [3.63, 3.8) is 0 Å². The highest BCUT2D eigenvalue weighted by Crippen LogP contribution is 2.20. The third-order valence-electron chi connectivity index (χ3n) is 3.02. The number of thiazole rings is 1. The Hall–Kier alpha value is -1.20. The molecule has 5 heteroatoms. The predicted molar refractivity (Wildman–Crippen MR) is 72.3 cm³/mol. The van der Waals surface area contributed by atoms with E-state index in [4.69, 9.17) is 0 Å². The smallest absolute Gasteiger partial charge is 0.246 e. The fourth-order valence-electron chi connectivity index (χ4n) is 2.13. The first-order valence-corrected chi connectivity index (χ1v) is 6.96. The van der Waals surface area contributed by atoms with Gasteiger partial charge in [-0.15, -0.1) is 11.3 Å². The number of amides is 1. The minimum absolute atomic E-state index is 0.0550. The average molecular weight is 266 g/mol. The maximum atomic E-state index is 12.0. The normalized spacial score (nSPS) is 24.7. The number of likely N-dealkylation sites (tertiary alicyclic amines) is 1. The number of aryl methyl sites for hydroxylation is 1. The van der Waals surface area contributed by atoms with Crippen molar-refractivity contribution in [2.45, 2.75) is 32.3 Å². The summed E-state index contributed by atoms with van der Waals surface area (Å²) in [6.07, 6.45) is 4.87. The Morgan fingerprint density at radius 1 is 1.67 bits per heavy atom. The van der Waals surface area contributed by atoms with E-state index in [1.807, 2.05) is 12.3 Å². The van der Waals surface area contributed by atoms with Gasteiger partial charge in [0.15, 0.2) is 0 Å². The standard InChI is InChI=1S/C13H18N2O2S/c1-10-14-11(8-18-10)4-5-12(16)15-7-3-6-13(2,17)9-15/h4-5,8,17H,3,6-7,9H2,1-2H3/b5-4+. The van der Waals surface area contributed by atoms with E-state index >= 15 is 0 Å². The van der Waals surface area contributed by atoms with Crippen LogP contribution < -0.4 is 0 Å². The second-order valence-electron chi connectivity index (χ2n) is 4.99. The molecule has 1 fully saturated rings. The molecule has 98 valence electrons. The molecule has 0 radical (unpaired) electrons. The van der Waals surface area contributed by atoms with Crippen LogP contribution in [0.25, 0.3) is 6.08 Å². The maximum absolute atomic E-state index is 12.0. The van der Waals surface area contributed by atoms with Gasteiger partial charge >= 0.3 is 0 Å². The van der Waals surface area contributed by atoms with Gasteiger partial charge < -0.3 is 10.0 Å². The summed E-state index contributed by atoms with van der Waals surface area (Å²) in [6.45, 7) is 4.84. The Morgan fingerprint density at radius 2 is 2.44 bits per heavy atom. The third-order valence-corrected chi connectivity index (χ3v) is 3.81. The van der Waals surface area contributed by atoms with E-state index in [9.17, 15) is 9.90 Å². The number of rotatable bonds is 2. The van der Waals surface area contributed by atoms with Crippen molar-refractivity contribution in [1.29, 1.82) is 0 Å². The molecule has 1 atom stereocenters. The van der Waals surface area contributed by atoms with Gasteiger partial charge in [0.2, 0.25) is 5.91 Å². The summed E-state index contributed by atoms with van der Waals surface area (Å²) in [4.78, 5) is 17.9. The van der Waals surface area contributed by atoms with E-state index in [1.54, 1.807) is 29.2 Å². The summed E-state index contributed by atoms with van der Waals surface area (Å²) in [5.74, 6) is -0.0550. The molecule has 2 heterocycles. The number of aliphatic hydroxyl groups is 1. The average Bonchev–Trinajstić information content (AvgIpc) is 2.70. The molecule has 18 heavy (non-hydrogen) atoms. The lowest BCUT2D eigenvalue weighted by molar-refractivity contribution is -0.132. The maximum Gasteiger partial charge on any atom is 0.246 e. The summed E-state index contributed by atoms with van der Waals surface area (Å²) < 4.78 is 0. The monoisotopic (exact) mass is 266 g/mol. The third kappa shape index (κ3) is 3.40. The molecule has 1 aliphatic heterocycles. The zero-order valence-corrected chi connectivity index (χ0v) is 11.5. The number of carbonyl (C=O) groups excluding carboxylic acids is 1. The van der Waals surface area contributed by atoms with Crippen molar-refractivity contribution in [2.24, 2.45) is 0 Å². The molecule has 1 unspecified atom stereocenters. The van der Waals surface area contributed by atoms with E-state index in [2.05, 4.69) is 4.98 Å². The van der Waals surface area contributed by atoms with Gasteiger partial charge in [0.25, 0.3) is 0 Å². The van der Waals surface area contributed by atoms with Crippen molar-refractivity contribution < 1.29 is 9.90 Å². The first-order chi connectivity index (χ1) is 8.46. The fraction of sp³-hybridized carbons (Fsp3) is 0.538. The van der Waals surface area contributed by atoms with E-state index in [0.29, 0.717) is 6.54 Å². The van der Waals surface area contributed by atoms with Crippen molar-refractivity contribution >= 4 is 23.3 Å². The topological polar surface area (TPSA) is 53.4 Å². The van der Waals surface area contributed by atoms with Gasteiger partial charge in [0.1, 0.15) is 0 Å². The highest BCUT2D eigenvalue weighted by atomic mass is 32.1. The Morgan fingerprint density at radius 3 is 3.06 bits per heavy atom. The zero-order valence-electron chi connectivity index (χ0n) is 10.7. The summed E-state index contributed by atoms with van der Waals surface area (Å²) in [6, 6.07) is 0. The molecule has 0 aromatic carbocycles. The SMILES string of the molecule is Cc1nc(/C=C/C(=O)N2CCCC(C)(O)C2)cs1. The molecular weight excluding hydrogens is 248 g/mol. The van der Waals surface area contributed by atoms with Crippen molar-refractivity contribution in [2.75, 3.05) is 13.1 Å². The quantitative estimate of drug-likeness (QED) is 0.831. The van der Waals surface area contributed by atoms with Gasteiger partial charge in [-0.1, -0.05) is 0 Å². The van der Waals surface area contributed by atoms with E-state index in [1.165, 1.54) is 6.08 Å². The molecule has 0 spiro atoms. The van der Waals surface area contributed by atoms with Crippen LogP contribution in [-0.2, 0) is 4.79 Å². The van der Waals surface area contributed by atoms with Crippen LogP contribution in [0.4, 0.5) is 0 Å². The Labute approximate surface area is 111 Å². The van der Waals surface area contributed by atoms with Gasteiger partial charge in [0.05, 0.1) is 16.3 Å². The molecule has 4 nitrogen and oxygen atoms in total. The molecule has 1 aromatic heterocycles. The minimum Gasteiger partial charge on any atom is -0.388 e. The summed E-state index contributed by atoms with van der Waals surface area (Å²) in [5, 5.41) is 12.9. The van der Waals surface area contributed by atoms with Crippen LogP contribution in [0.15, 0.2) is 11.5 Å². The van der Waals surface area contributed by atoms with Gasteiger partial charge in [-0.05, 0) is 32.8 Å². The Kier molecular flexibility index (Phi) is 3.82. The van der Waals surface area contributed by atoms with Gasteiger partial charge in [-0.2, -0.15) is 0 Å². The lowest BCUT2D eigenvalue weighted by Crippen LogP contribution is -2.48. The Balaban J connectivity index is 1.97. The summed E-state index contributed by atoms with van der Waals surface area (Å²) in [5.41, 5.74) is 0.0634. The molecule has 1 aromatic rings. The van der Waals surface area contributed by atoms with Crippen LogP contribution >= 0.6 is 11.3 Å². The molecule has 0 bridgehead atoms. The molecule has 1 amide bonds. The second-order valence-corrected chi connectivity index (χ2v) is 6.05. The molecule has 1 aliphatic rings. The van der Waals surface area contributed by atoms with Crippen LogP contribution in [0.2, 0.25) is 0 Å². The van der Waals surface area contributed by atoms with Crippen LogP contribution in [0.5, 0.6) is 0 Å². The number of β-amino-alcohol motifs (C(OH)–C–C–N with tert-alkyl or cyclic N) is 1. The number of hydrogen-bond acceptors (Lipinski definition) is 4. The molecule has 1 saturated heterocycles. The highest BCUT2D eigenvalue weighted by molar-refractivity contribution is 7.09. The number of carbonyl (C=O) groups is 1. The second kappa shape index (κ2) is 5.20. The minimum atomic E-state index is -0.751. The van der Waals surface area contributed by atoms with Crippen LogP contribution in [0, 0.1) is 6.92 Å². The molecule has 1 N–H and O–H groups in total. The van der Waals surface area contributed by atoms with Gasteiger partial charge in [0, 0.05) is 24.5 Å². The molecule has 0 aliphatic carbocycles. The van der Waals surface area contributed by atoms with E-state index in [0.717, 1.165) is 30.1 Å². The Bertz CT molecular complexity index is 465. The lowest BCUT2D eigenvalue weighted by Gasteiger charge is -2.36.